The third-order valence-electron chi connectivity index (χ3n) is 4.10. The van der Waals surface area contributed by atoms with E-state index in [9.17, 15) is 9.59 Å². The summed E-state index contributed by atoms with van der Waals surface area (Å²) in [4.78, 5) is 25.9. The SMILES string of the molecule is CC(C)CNC(=O)Nc1ccc2c(c1)CCN2C(=O)C1CC1. The van der Waals surface area contributed by atoms with Crippen molar-refractivity contribution in [1.82, 2.24) is 5.32 Å². The molecule has 2 N–H and O–H groups in total. The molecule has 2 aliphatic rings. The number of urea groups is 1. The van der Waals surface area contributed by atoms with Gasteiger partial charge in [0.25, 0.3) is 0 Å². The predicted molar refractivity (Wildman–Crippen MR) is 87.1 cm³/mol. The lowest BCUT2D eigenvalue weighted by atomic mass is 10.1. The maximum atomic E-state index is 12.2. The highest BCUT2D eigenvalue weighted by molar-refractivity contribution is 5.99. The number of amides is 3. The quantitative estimate of drug-likeness (QED) is 0.898. The summed E-state index contributed by atoms with van der Waals surface area (Å²) in [7, 11) is 0. The van der Waals surface area contributed by atoms with Crippen LogP contribution in [0.4, 0.5) is 16.2 Å². The summed E-state index contributed by atoms with van der Waals surface area (Å²) in [6.45, 7) is 5.52. The molecule has 1 saturated carbocycles. The first-order chi connectivity index (χ1) is 10.5. The van der Waals surface area contributed by atoms with Gasteiger partial charge in [0.05, 0.1) is 0 Å². The van der Waals surface area contributed by atoms with Crippen molar-refractivity contribution in [3.05, 3.63) is 23.8 Å². The summed E-state index contributed by atoms with van der Waals surface area (Å²) < 4.78 is 0. The van der Waals surface area contributed by atoms with Crippen LogP contribution in [-0.2, 0) is 11.2 Å². The number of benzene rings is 1. The summed E-state index contributed by atoms with van der Waals surface area (Å²) in [5, 5.41) is 5.69. The summed E-state index contributed by atoms with van der Waals surface area (Å²) in [6, 6.07) is 5.61. The van der Waals surface area contributed by atoms with E-state index in [0.29, 0.717) is 12.5 Å². The molecule has 0 bridgehead atoms. The van der Waals surface area contributed by atoms with Crippen LogP contribution in [0.3, 0.4) is 0 Å². The Kier molecular flexibility index (Phi) is 4.05. The number of nitrogens with zero attached hydrogens (tertiary/aromatic N) is 1. The monoisotopic (exact) mass is 301 g/mol. The molecule has 1 aromatic rings. The first-order valence-electron chi connectivity index (χ1n) is 8.03. The second-order valence-electron chi connectivity index (χ2n) is 6.59. The third-order valence-corrected chi connectivity index (χ3v) is 4.10. The summed E-state index contributed by atoms with van der Waals surface area (Å²) >= 11 is 0. The number of hydrogen-bond acceptors (Lipinski definition) is 2. The zero-order chi connectivity index (χ0) is 15.7. The molecule has 118 valence electrons. The number of hydrogen-bond donors (Lipinski definition) is 2. The normalized spacial score (nSPS) is 16.6. The molecular formula is C17H23N3O2. The largest absolute Gasteiger partial charge is 0.338 e. The Hall–Kier alpha value is -2.04. The molecule has 0 aromatic heterocycles. The number of anilines is 2. The smallest absolute Gasteiger partial charge is 0.319 e. The first kappa shape index (κ1) is 14.9. The van der Waals surface area contributed by atoms with Crippen molar-refractivity contribution in [2.45, 2.75) is 33.1 Å². The molecule has 0 atom stereocenters. The maximum absolute atomic E-state index is 12.2. The van der Waals surface area contributed by atoms with Gasteiger partial charge in [-0.25, -0.2) is 4.79 Å². The molecule has 0 saturated heterocycles. The zero-order valence-electron chi connectivity index (χ0n) is 13.2. The first-order valence-corrected chi connectivity index (χ1v) is 8.03. The Morgan fingerprint density at radius 1 is 1.32 bits per heavy atom. The number of rotatable bonds is 4. The Morgan fingerprint density at radius 2 is 2.09 bits per heavy atom. The van der Waals surface area contributed by atoms with Crippen LogP contribution in [0.5, 0.6) is 0 Å². The summed E-state index contributed by atoms with van der Waals surface area (Å²) in [5.41, 5.74) is 2.92. The van der Waals surface area contributed by atoms with Gasteiger partial charge in [-0.3, -0.25) is 4.79 Å². The van der Waals surface area contributed by atoms with Crippen LogP contribution in [0.15, 0.2) is 18.2 Å². The second kappa shape index (κ2) is 5.99. The van der Waals surface area contributed by atoms with Crippen LogP contribution in [0.25, 0.3) is 0 Å². The second-order valence-corrected chi connectivity index (χ2v) is 6.59. The fourth-order valence-corrected chi connectivity index (χ4v) is 2.73. The fourth-order valence-electron chi connectivity index (χ4n) is 2.73. The topological polar surface area (TPSA) is 61.4 Å². The molecule has 1 aliphatic heterocycles. The van der Waals surface area contributed by atoms with Crippen LogP contribution in [0, 0.1) is 11.8 Å². The van der Waals surface area contributed by atoms with Gasteiger partial charge in [-0.15, -0.1) is 0 Å². The molecule has 1 aromatic carbocycles. The molecule has 0 unspecified atom stereocenters. The lowest BCUT2D eigenvalue weighted by Crippen LogP contribution is -2.31. The Bertz CT molecular complexity index is 594. The van der Waals surface area contributed by atoms with E-state index in [1.54, 1.807) is 0 Å². The zero-order valence-corrected chi connectivity index (χ0v) is 13.2. The molecule has 0 spiro atoms. The molecule has 5 heteroatoms. The van der Waals surface area contributed by atoms with E-state index in [2.05, 4.69) is 24.5 Å². The van der Waals surface area contributed by atoms with Crippen LogP contribution >= 0.6 is 0 Å². The van der Waals surface area contributed by atoms with Gasteiger partial charge in [-0.2, -0.15) is 0 Å². The van der Waals surface area contributed by atoms with Crippen molar-refractivity contribution >= 4 is 23.3 Å². The molecule has 22 heavy (non-hydrogen) atoms. The van der Waals surface area contributed by atoms with Crippen molar-refractivity contribution in [1.29, 1.82) is 0 Å². The van der Waals surface area contributed by atoms with E-state index in [0.717, 1.165) is 42.7 Å². The Morgan fingerprint density at radius 3 is 2.77 bits per heavy atom. The molecule has 1 aliphatic carbocycles. The third kappa shape index (κ3) is 3.24. The minimum absolute atomic E-state index is 0.183. The van der Waals surface area contributed by atoms with Crippen molar-refractivity contribution in [2.24, 2.45) is 11.8 Å². The molecule has 0 radical (unpaired) electrons. The lowest BCUT2D eigenvalue weighted by Gasteiger charge is -2.17. The van der Waals surface area contributed by atoms with Crippen LogP contribution < -0.4 is 15.5 Å². The number of carbonyl (C=O) groups is 2. The molecule has 5 nitrogen and oxygen atoms in total. The molecule has 3 amide bonds. The standard InChI is InChI=1S/C17H23N3O2/c1-11(2)10-18-17(22)19-14-5-6-15-13(9-14)7-8-20(15)16(21)12-3-4-12/h5-6,9,11-12H,3-4,7-8,10H2,1-2H3,(H2,18,19,22). The highest BCUT2D eigenvalue weighted by Crippen LogP contribution is 2.37. The van der Waals surface area contributed by atoms with Crippen molar-refractivity contribution in [3.63, 3.8) is 0 Å². The van der Waals surface area contributed by atoms with E-state index < -0.39 is 0 Å². The highest BCUT2D eigenvalue weighted by Gasteiger charge is 2.36. The van der Waals surface area contributed by atoms with E-state index >= 15 is 0 Å². The van der Waals surface area contributed by atoms with Gasteiger partial charge in [0, 0.05) is 30.4 Å². The van der Waals surface area contributed by atoms with E-state index in [4.69, 9.17) is 0 Å². The average molecular weight is 301 g/mol. The number of nitrogens with one attached hydrogen (secondary N) is 2. The Balaban J connectivity index is 1.64. The minimum Gasteiger partial charge on any atom is -0.338 e. The molecule has 1 heterocycles. The molecule has 1 fully saturated rings. The number of fused-ring (bicyclic) bond motifs is 1. The van der Waals surface area contributed by atoms with Crippen molar-refractivity contribution < 1.29 is 9.59 Å². The summed E-state index contributed by atoms with van der Waals surface area (Å²) in [6.07, 6.45) is 2.91. The lowest BCUT2D eigenvalue weighted by molar-refractivity contribution is -0.119. The minimum atomic E-state index is -0.183. The van der Waals surface area contributed by atoms with Gasteiger partial charge in [0.15, 0.2) is 0 Å². The highest BCUT2D eigenvalue weighted by atomic mass is 16.2. The van der Waals surface area contributed by atoms with Gasteiger partial charge in [-0.05, 0) is 48.9 Å². The van der Waals surface area contributed by atoms with Crippen LogP contribution in [0.2, 0.25) is 0 Å². The van der Waals surface area contributed by atoms with Gasteiger partial charge < -0.3 is 15.5 Å². The van der Waals surface area contributed by atoms with E-state index in [1.807, 2.05) is 23.1 Å². The molecular weight excluding hydrogens is 278 g/mol. The number of carbonyl (C=O) groups excluding carboxylic acids is 2. The van der Waals surface area contributed by atoms with E-state index in [-0.39, 0.29) is 17.9 Å². The fraction of sp³-hybridized carbons (Fsp3) is 0.529. The van der Waals surface area contributed by atoms with Crippen molar-refractivity contribution in [2.75, 3.05) is 23.3 Å². The average Bonchev–Trinajstić information content (AvgIpc) is 3.24. The molecule has 3 rings (SSSR count). The predicted octanol–water partition coefficient (Wildman–Crippen LogP) is 2.76. The summed E-state index contributed by atoms with van der Waals surface area (Å²) in [5.74, 6) is 0.924. The van der Waals surface area contributed by atoms with Gasteiger partial charge in [0.2, 0.25) is 5.91 Å². The van der Waals surface area contributed by atoms with E-state index in [1.165, 1.54) is 0 Å². The van der Waals surface area contributed by atoms with Gasteiger partial charge in [-0.1, -0.05) is 13.8 Å². The van der Waals surface area contributed by atoms with Crippen molar-refractivity contribution in [3.8, 4) is 0 Å². The Labute approximate surface area is 131 Å². The maximum Gasteiger partial charge on any atom is 0.319 e. The van der Waals surface area contributed by atoms with Gasteiger partial charge in [0.1, 0.15) is 0 Å². The van der Waals surface area contributed by atoms with Crippen LogP contribution in [-0.4, -0.2) is 25.0 Å². The van der Waals surface area contributed by atoms with Gasteiger partial charge >= 0.3 is 6.03 Å². The van der Waals surface area contributed by atoms with Crippen LogP contribution in [0.1, 0.15) is 32.3 Å².